The van der Waals surface area contributed by atoms with Crippen molar-refractivity contribution in [2.24, 2.45) is 5.92 Å². The second kappa shape index (κ2) is 5.01. The maximum absolute atomic E-state index is 11.5. The molecule has 0 aromatic heterocycles. The van der Waals surface area contributed by atoms with E-state index in [1.807, 2.05) is 18.2 Å². The molecule has 0 fully saturated rings. The number of ether oxygens (including phenoxy) is 1. The van der Waals surface area contributed by atoms with Crippen LogP contribution in [0.4, 0.5) is 0 Å². The van der Waals surface area contributed by atoms with E-state index in [0.29, 0.717) is 18.9 Å². The zero-order chi connectivity index (χ0) is 12.3. The number of fused-ring (bicyclic) bond motifs is 1. The van der Waals surface area contributed by atoms with E-state index in [1.165, 1.54) is 11.1 Å². The Hall–Kier alpha value is -1.82. The molecule has 1 aliphatic rings. The molecule has 0 aliphatic heterocycles. The summed E-state index contributed by atoms with van der Waals surface area (Å²) in [6, 6.07) is 10.2. The van der Waals surface area contributed by atoms with Crippen LogP contribution in [0, 0.1) is 17.2 Å². The maximum Gasteiger partial charge on any atom is 0.323 e. The molecule has 0 spiro atoms. The van der Waals surface area contributed by atoms with Crippen LogP contribution in [0.2, 0.25) is 0 Å². The summed E-state index contributed by atoms with van der Waals surface area (Å²) in [4.78, 5) is 11.5. The van der Waals surface area contributed by atoms with E-state index in [4.69, 9.17) is 10.00 Å². The number of nitrogens with zero attached hydrogens (tertiary/aromatic N) is 1. The molecule has 0 N–H and O–H groups in total. The van der Waals surface area contributed by atoms with Gasteiger partial charge in [0, 0.05) is 0 Å². The van der Waals surface area contributed by atoms with Gasteiger partial charge in [0.25, 0.3) is 0 Å². The van der Waals surface area contributed by atoms with Gasteiger partial charge >= 0.3 is 5.97 Å². The molecule has 0 saturated heterocycles. The maximum atomic E-state index is 11.5. The topological polar surface area (TPSA) is 50.1 Å². The molecule has 0 saturated carbocycles. The van der Waals surface area contributed by atoms with E-state index >= 15 is 0 Å². The van der Waals surface area contributed by atoms with Crippen molar-refractivity contribution in [2.45, 2.75) is 25.7 Å². The summed E-state index contributed by atoms with van der Waals surface area (Å²) >= 11 is 0. The number of nitriles is 1. The van der Waals surface area contributed by atoms with Gasteiger partial charge in [-0.25, -0.2) is 0 Å². The third-order valence-electron chi connectivity index (χ3n) is 3.21. The summed E-state index contributed by atoms with van der Waals surface area (Å²) in [7, 11) is 0. The molecule has 1 aliphatic carbocycles. The Kier molecular flexibility index (Phi) is 3.43. The molecule has 0 amide bonds. The van der Waals surface area contributed by atoms with E-state index < -0.39 is 5.92 Å². The molecule has 2 unspecified atom stereocenters. The molecular formula is C14H15NO2. The molecule has 1 aromatic carbocycles. The third-order valence-corrected chi connectivity index (χ3v) is 3.21. The van der Waals surface area contributed by atoms with Crippen LogP contribution in [0.25, 0.3) is 0 Å². The van der Waals surface area contributed by atoms with Crippen molar-refractivity contribution in [3.63, 3.8) is 0 Å². The van der Waals surface area contributed by atoms with E-state index in [-0.39, 0.29) is 5.97 Å². The predicted molar refractivity (Wildman–Crippen MR) is 63.2 cm³/mol. The zero-order valence-electron chi connectivity index (χ0n) is 9.85. The van der Waals surface area contributed by atoms with Crippen molar-refractivity contribution in [1.29, 1.82) is 5.26 Å². The van der Waals surface area contributed by atoms with Crippen LogP contribution in [-0.4, -0.2) is 12.6 Å². The highest BCUT2D eigenvalue weighted by Crippen LogP contribution is 2.39. The van der Waals surface area contributed by atoms with Crippen molar-refractivity contribution in [3.8, 4) is 6.07 Å². The second-order valence-corrected chi connectivity index (χ2v) is 4.27. The molecule has 0 heterocycles. The molecule has 3 heteroatoms. The third kappa shape index (κ3) is 2.31. The minimum Gasteiger partial charge on any atom is -0.465 e. The average Bonchev–Trinajstić information content (AvgIpc) is 2.31. The number of carbonyl (C=O) groups is 1. The van der Waals surface area contributed by atoms with Gasteiger partial charge in [-0.15, -0.1) is 0 Å². The van der Waals surface area contributed by atoms with Crippen molar-refractivity contribution < 1.29 is 9.53 Å². The van der Waals surface area contributed by atoms with Crippen LogP contribution in [-0.2, 0) is 16.0 Å². The van der Waals surface area contributed by atoms with Crippen molar-refractivity contribution >= 4 is 5.97 Å². The molecule has 2 atom stereocenters. The van der Waals surface area contributed by atoms with Crippen LogP contribution in [0.15, 0.2) is 24.3 Å². The molecule has 0 radical (unpaired) electrons. The number of hydrogen-bond acceptors (Lipinski definition) is 3. The highest BCUT2D eigenvalue weighted by atomic mass is 16.5. The van der Waals surface area contributed by atoms with Gasteiger partial charge in [0.2, 0.25) is 0 Å². The number of carbonyl (C=O) groups excluding carboxylic acids is 1. The molecule has 0 bridgehead atoms. The Morgan fingerprint density at radius 2 is 2.35 bits per heavy atom. The lowest BCUT2D eigenvalue weighted by Crippen LogP contribution is -2.24. The van der Waals surface area contributed by atoms with Gasteiger partial charge < -0.3 is 4.74 Å². The van der Waals surface area contributed by atoms with E-state index in [2.05, 4.69) is 12.1 Å². The highest BCUT2D eigenvalue weighted by Gasteiger charge is 2.31. The van der Waals surface area contributed by atoms with Crippen molar-refractivity contribution in [2.75, 3.05) is 6.61 Å². The fraction of sp³-hybridized carbons (Fsp3) is 0.429. The molecular weight excluding hydrogens is 214 g/mol. The minimum atomic E-state index is -0.631. The van der Waals surface area contributed by atoms with Crippen LogP contribution < -0.4 is 0 Å². The number of rotatable bonds is 4. The lowest BCUT2D eigenvalue weighted by Gasteiger charge is -2.30. The average molecular weight is 229 g/mol. The molecule has 88 valence electrons. The summed E-state index contributed by atoms with van der Waals surface area (Å²) in [5, 5.41) is 8.99. The van der Waals surface area contributed by atoms with Gasteiger partial charge in [0.05, 0.1) is 12.7 Å². The summed E-state index contributed by atoms with van der Waals surface area (Å²) in [6.07, 6.45) is 1.54. The number of hydrogen-bond donors (Lipinski definition) is 0. The Morgan fingerprint density at radius 3 is 3.00 bits per heavy atom. The van der Waals surface area contributed by atoms with Gasteiger partial charge in [-0.05, 0) is 36.8 Å². The van der Waals surface area contributed by atoms with Crippen LogP contribution in [0.1, 0.15) is 30.4 Å². The van der Waals surface area contributed by atoms with Gasteiger partial charge in [0.15, 0.2) is 0 Å². The normalized spacial score (nSPS) is 18.5. The molecule has 17 heavy (non-hydrogen) atoms. The first-order valence-electron chi connectivity index (χ1n) is 5.90. The molecule has 1 aromatic rings. The minimum absolute atomic E-state index is 0.332. The fourth-order valence-corrected chi connectivity index (χ4v) is 2.30. The number of benzene rings is 1. The van der Waals surface area contributed by atoms with Crippen molar-refractivity contribution in [1.82, 2.24) is 0 Å². The fourth-order valence-electron chi connectivity index (χ4n) is 2.30. The standard InChI is InChI=1S/C14H15NO2/c1-2-17-14(16)12(9-15)8-11-7-10-5-3-4-6-13(10)11/h3-6,11-12H,2,7-8H2,1H3. The Balaban J connectivity index is 1.99. The van der Waals surface area contributed by atoms with E-state index in [0.717, 1.165) is 6.42 Å². The van der Waals surface area contributed by atoms with Crippen LogP contribution >= 0.6 is 0 Å². The Morgan fingerprint density at radius 1 is 1.59 bits per heavy atom. The van der Waals surface area contributed by atoms with Gasteiger partial charge in [0.1, 0.15) is 5.92 Å². The van der Waals surface area contributed by atoms with Gasteiger partial charge in [-0.3, -0.25) is 4.79 Å². The largest absolute Gasteiger partial charge is 0.465 e. The summed E-state index contributed by atoms with van der Waals surface area (Å²) in [5.74, 6) is -0.687. The lowest BCUT2D eigenvalue weighted by molar-refractivity contribution is -0.146. The summed E-state index contributed by atoms with van der Waals surface area (Å²) < 4.78 is 4.89. The smallest absolute Gasteiger partial charge is 0.323 e. The molecule has 3 nitrogen and oxygen atoms in total. The number of esters is 1. The first-order chi connectivity index (χ1) is 8.26. The quantitative estimate of drug-likeness (QED) is 0.745. The SMILES string of the molecule is CCOC(=O)C(C#N)CC1Cc2ccccc21. The Labute approximate surface area is 101 Å². The molecule has 2 rings (SSSR count). The van der Waals surface area contributed by atoms with Crippen LogP contribution in [0.3, 0.4) is 0 Å². The van der Waals surface area contributed by atoms with Crippen molar-refractivity contribution in [3.05, 3.63) is 35.4 Å². The first-order valence-corrected chi connectivity index (χ1v) is 5.90. The Bertz CT molecular complexity index is 462. The predicted octanol–water partition coefficient (Wildman–Crippen LogP) is 2.42. The highest BCUT2D eigenvalue weighted by molar-refractivity contribution is 5.75. The summed E-state index contributed by atoms with van der Waals surface area (Å²) in [5.41, 5.74) is 2.61. The zero-order valence-corrected chi connectivity index (χ0v) is 9.85. The van der Waals surface area contributed by atoms with Gasteiger partial charge in [-0.2, -0.15) is 5.26 Å². The van der Waals surface area contributed by atoms with E-state index in [9.17, 15) is 4.79 Å². The summed E-state index contributed by atoms with van der Waals surface area (Å²) in [6.45, 7) is 2.09. The van der Waals surface area contributed by atoms with Gasteiger partial charge in [-0.1, -0.05) is 24.3 Å². The first kappa shape index (κ1) is 11.7. The van der Waals surface area contributed by atoms with E-state index in [1.54, 1.807) is 6.92 Å². The lowest BCUT2D eigenvalue weighted by atomic mass is 9.73. The second-order valence-electron chi connectivity index (χ2n) is 4.27. The monoisotopic (exact) mass is 229 g/mol. The van der Waals surface area contributed by atoms with Crippen LogP contribution in [0.5, 0.6) is 0 Å².